The lowest BCUT2D eigenvalue weighted by atomic mass is 10.2. The van der Waals surface area contributed by atoms with E-state index in [0.29, 0.717) is 23.3 Å². The van der Waals surface area contributed by atoms with E-state index >= 15 is 0 Å². The van der Waals surface area contributed by atoms with Crippen LogP contribution in [0.5, 0.6) is 0 Å². The molecule has 0 unspecified atom stereocenters. The van der Waals surface area contributed by atoms with Gasteiger partial charge in [0.15, 0.2) is 5.96 Å². The van der Waals surface area contributed by atoms with Crippen LogP contribution in [0.1, 0.15) is 18.4 Å². The molecule has 0 saturated heterocycles. The summed E-state index contributed by atoms with van der Waals surface area (Å²) in [6.45, 7) is 1.72. The normalized spacial score (nSPS) is 16.5. The highest BCUT2D eigenvalue weighted by atomic mass is 19.1. The topological polar surface area (TPSA) is 50.4 Å². The van der Waals surface area contributed by atoms with Crippen LogP contribution in [0.3, 0.4) is 0 Å². The van der Waals surface area contributed by atoms with Crippen molar-refractivity contribution in [2.45, 2.75) is 25.8 Å². The zero-order valence-corrected chi connectivity index (χ0v) is 8.63. The molecule has 0 bridgehead atoms. The van der Waals surface area contributed by atoms with Crippen LogP contribution in [0.15, 0.2) is 23.2 Å². The zero-order valence-electron chi connectivity index (χ0n) is 8.63. The second-order valence-corrected chi connectivity index (χ2v) is 3.83. The second-order valence-electron chi connectivity index (χ2n) is 3.83. The Hall–Kier alpha value is -1.58. The molecule has 2 rings (SSSR count). The first-order valence-corrected chi connectivity index (χ1v) is 5.01. The number of hydrogen-bond donors (Lipinski definition) is 2. The Morgan fingerprint density at radius 2 is 2.27 bits per heavy atom. The number of nitrogens with one attached hydrogen (secondary N) is 1. The molecule has 0 aromatic heterocycles. The van der Waals surface area contributed by atoms with Gasteiger partial charge in [0.05, 0.1) is 6.04 Å². The summed E-state index contributed by atoms with van der Waals surface area (Å²) >= 11 is 0. The summed E-state index contributed by atoms with van der Waals surface area (Å²) in [5.41, 5.74) is 6.91. The first-order chi connectivity index (χ1) is 7.15. The minimum absolute atomic E-state index is 0.237. The maximum Gasteiger partial charge on any atom is 0.193 e. The molecule has 0 aliphatic heterocycles. The van der Waals surface area contributed by atoms with Crippen LogP contribution in [0.2, 0.25) is 0 Å². The van der Waals surface area contributed by atoms with Gasteiger partial charge in [0.1, 0.15) is 5.82 Å². The first-order valence-electron chi connectivity index (χ1n) is 5.01. The van der Waals surface area contributed by atoms with Crippen LogP contribution in [-0.2, 0) is 0 Å². The minimum Gasteiger partial charge on any atom is -0.370 e. The molecule has 1 aromatic carbocycles. The van der Waals surface area contributed by atoms with Gasteiger partial charge in [-0.3, -0.25) is 0 Å². The Kier molecular flexibility index (Phi) is 2.58. The molecule has 0 amide bonds. The third-order valence-electron chi connectivity index (χ3n) is 2.31. The summed E-state index contributed by atoms with van der Waals surface area (Å²) in [5, 5.41) is 2.87. The number of nitrogens with two attached hydrogens (primary N) is 1. The van der Waals surface area contributed by atoms with Crippen LogP contribution in [0.25, 0.3) is 0 Å². The van der Waals surface area contributed by atoms with Crippen LogP contribution in [0, 0.1) is 12.7 Å². The Morgan fingerprint density at radius 3 is 2.87 bits per heavy atom. The molecule has 1 aliphatic rings. The van der Waals surface area contributed by atoms with Gasteiger partial charge in [-0.05, 0) is 37.5 Å². The van der Waals surface area contributed by atoms with Crippen molar-refractivity contribution in [3.63, 3.8) is 0 Å². The van der Waals surface area contributed by atoms with Gasteiger partial charge in [-0.25, -0.2) is 9.38 Å². The van der Waals surface area contributed by atoms with E-state index in [1.807, 2.05) is 0 Å². The SMILES string of the molecule is Cc1ccc(NC(N)=NC2CC2)cc1F. The lowest BCUT2D eigenvalue weighted by Gasteiger charge is -2.06. The molecule has 0 atom stereocenters. The molecule has 0 radical (unpaired) electrons. The fraction of sp³-hybridized carbons (Fsp3) is 0.364. The predicted octanol–water partition coefficient (Wildman–Crippen LogP) is 2.02. The molecule has 0 spiro atoms. The van der Waals surface area contributed by atoms with Crippen LogP contribution < -0.4 is 11.1 Å². The summed E-state index contributed by atoms with van der Waals surface area (Å²) < 4.78 is 13.2. The van der Waals surface area contributed by atoms with Gasteiger partial charge < -0.3 is 11.1 Å². The number of halogens is 1. The van der Waals surface area contributed by atoms with Gasteiger partial charge >= 0.3 is 0 Å². The Labute approximate surface area is 88.2 Å². The first kappa shape index (κ1) is 9.96. The summed E-state index contributed by atoms with van der Waals surface area (Å²) in [5.74, 6) is 0.125. The van der Waals surface area contributed by atoms with Crippen molar-refractivity contribution >= 4 is 11.6 Å². The number of aryl methyl sites for hydroxylation is 1. The van der Waals surface area contributed by atoms with Crippen molar-refractivity contribution in [1.29, 1.82) is 0 Å². The number of rotatable bonds is 2. The molecule has 1 saturated carbocycles. The Morgan fingerprint density at radius 1 is 1.53 bits per heavy atom. The van der Waals surface area contributed by atoms with E-state index in [4.69, 9.17) is 5.73 Å². The molecule has 1 fully saturated rings. The summed E-state index contributed by atoms with van der Waals surface area (Å²) in [4.78, 5) is 4.20. The smallest absolute Gasteiger partial charge is 0.193 e. The summed E-state index contributed by atoms with van der Waals surface area (Å²) in [7, 11) is 0. The van der Waals surface area contributed by atoms with Crippen molar-refractivity contribution in [2.24, 2.45) is 10.7 Å². The zero-order chi connectivity index (χ0) is 10.8. The summed E-state index contributed by atoms with van der Waals surface area (Å²) in [6.07, 6.45) is 2.20. The molecule has 3 nitrogen and oxygen atoms in total. The van der Waals surface area contributed by atoms with E-state index in [0.717, 1.165) is 12.8 Å². The highest BCUT2D eigenvalue weighted by Gasteiger charge is 2.20. The monoisotopic (exact) mass is 207 g/mol. The maximum absolute atomic E-state index is 13.2. The maximum atomic E-state index is 13.2. The number of nitrogens with zero attached hydrogens (tertiary/aromatic N) is 1. The van der Waals surface area contributed by atoms with E-state index in [2.05, 4.69) is 10.3 Å². The summed E-state index contributed by atoms with van der Waals surface area (Å²) in [6, 6.07) is 5.29. The van der Waals surface area contributed by atoms with Crippen molar-refractivity contribution in [2.75, 3.05) is 5.32 Å². The van der Waals surface area contributed by atoms with E-state index in [9.17, 15) is 4.39 Å². The number of benzene rings is 1. The Balaban J connectivity index is 2.06. The van der Waals surface area contributed by atoms with Gasteiger partial charge in [-0.2, -0.15) is 0 Å². The van der Waals surface area contributed by atoms with Crippen LogP contribution in [-0.4, -0.2) is 12.0 Å². The van der Waals surface area contributed by atoms with Gasteiger partial charge in [0.2, 0.25) is 0 Å². The average Bonchev–Trinajstić information content (AvgIpc) is 2.95. The lowest BCUT2D eigenvalue weighted by Crippen LogP contribution is -2.23. The third-order valence-corrected chi connectivity index (χ3v) is 2.31. The highest BCUT2D eigenvalue weighted by Crippen LogP contribution is 2.23. The molecule has 0 heterocycles. The van der Waals surface area contributed by atoms with Gasteiger partial charge in [-0.15, -0.1) is 0 Å². The standard InChI is InChI=1S/C11H14FN3/c1-7-2-3-9(6-10(7)12)15-11(13)14-8-4-5-8/h2-3,6,8H,4-5H2,1H3,(H3,13,14,15). The van der Waals surface area contributed by atoms with Gasteiger partial charge in [-0.1, -0.05) is 6.07 Å². The predicted molar refractivity (Wildman–Crippen MR) is 59.4 cm³/mol. The fourth-order valence-corrected chi connectivity index (χ4v) is 1.25. The quantitative estimate of drug-likeness (QED) is 0.576. The minimum atomic E-state index is -0.237. The van der Waals surface area contributed by atoms with E-state index in [1.54, 1.807) is 19.1 Å². The number of hydrogen-bond acceptors (Lipinski definition) is 1. The highest BCUT2D eigenvalue weighted by molar-refractivity contribution is 5.92. The molecule has 1 aromatic rings. The van der Waals surface area contributed by atoms with Gasteiger partial charge in [0.25, 0.3) is 0 Å². The van der Waals surface area contributed by atoms with E-state index < -0.39 is 0 Å². The van der Waals surface area contributed by atoms with Crippen molar-refractivity contribution < 1.29 is 4.39 Å². The van der Waals surface area contributed by atoms with E-state index in [1.165, 1.54) is 6.07 Å². The number of aliphatic imine (C=N–C) groups is 1. The third kappa shape index (κ3) is 2.68. The molecule has 4 heteroatoms. The van der Waals surface area contributed by atoms with Gasteiger partial charge in [0, 0.05) is 5.69 Å². The van der Waals surface area contributed by atoms with Crippen LogP contribution >= 0.6 is 0 Å². The molecule has 80 valence electrons. The van der Waals surface area contributed by atoms with E-state index in [-0.39, 0.29) is 5.82 Å². The average molecular weight is 207 g/mol. The van der Waals surface area contributed by atoms with Crippen LogP contribution in [0.4, 0.5) is 10.1 Å². The second kappa shape index (κ2) is 3.88. The molecular formula is C11H14FN3. The largest absolute Gasteiger partial charge is 0.370 e. The fourth-order valence-electron chi connectivity index (χ4n) is 1.25. The lowest BCUT2D eigenvalue weighted by molar-refractivity contribution is 0.619. The van der Waals surface area contributed by atoms with Crippen molar-refractivity contribution in [3.05, 3.63) is 29.6 Å². The van der Waals surface area contributed by atoms with Crippen molar-refractivity contribution in [3.8, 4) is 0 Å². The number of anilines is 1. The molecular weight excluding hydrogens is 193 g/mol. The molecule has 3 N–H and O–H groups in total. The molecule has 1 aliphatic carbocycles. The molecule has 15 heavy (non-hydrogen) atoms. The number of guanidine groups is 1. The van der Waals surface area contributed by atoms with Crippen molar-refractivity contribution in [1.82, 2.24) is 0 Å². The Bertz CT molecular complexity index is 397.